The van der Waals surface area contributed by atoms with Crippen molar-refractivity contribution in [1.29, 1.82) is 0 Å². The Labute approximate surface area is 123 Å². The molecule has 0 bridgehead atoms. The highest BCUT2D eigenvalue weighted by Gasteiger charge is 2.10. The van der Waals surface area contributed by atoms with E-state index in [-0.39, 0.29) is 5.69 Å². The first kappa shape index (κ1) is 14.4. The van der Waals surface area contributed by atoms with Gasteiger partial charge in [0.15, 0.2) is 5.16 Å². The maximum atomic E-state index is 11.6. The number of hydrogen-bond donors (Lipinski definition) is 2. The first-order chi connectivity index (χ1) is 9.15. The fraction of sp³-hybridized carbons (Fsp3) is 0.333. The lowest BCUT2D eigenvalue weighted by molar-refractivity contribution is 0.604. The summed E-state index contributed by atoms with van der Waals surface area (Å²) in [5.41, 5.74) is 6.51. The quantitative estimate of drug-likeness (QED) is 0.874. The van der Waals surface area contributed by atoms with E-state index in [1.807, 2.05) is 25.1 Å². The molecule has 0 aliphatic heterocycles. The molecule has 102 valence electrons. The lowest BCUT2D eigenvalue weighted by Crippen LogP contribution is -2.17. The van der Waals surface area contributed by atoms with Gasteiger partial charge in [-0.2, -0.15) is 0 Å². The van der Waals surface area contributed by atoms with Crippen molar-refractivity contribution in [3.05, 3.63) is 38.7 Å². The summed E-state index contributed by atoms with van der Waals surface area (Å²) in [6.07, 6.45) is 0.892. The molecule has 0 aliphatic rings. The topological polar surface area (TPSA) is 76.7 Å². The molecule has 1 heterocycles. The molecule has 0 atom stereocenters. The number of aromatic nitrogens is 3. The fourth-order valence-corrected chi connectivity index (χ4v) is 3.26. The Morgan fingerprint density at radius 3 is 2.95 bits per heavy atom. The number of aromatic amines is 1. The molecule has 7 heteroatoms. The van der Waals surface area contributed by atoms with E-state index in [1.165, 1.54) is 11.8 Å². The van der Waals surface area contributed by atoms with Crippen molar-refractivity contribution in [3.8, 4) is 0 Å². The Morgan fingerprint density at radius 2 is 2.32 bits per heavy atom. The summed E-state index contributed by atoms with van der Waals surface area (Å²) < 4.78 is 2.62. The number of nitrogens with one attached hydrogen (secondary N) is 1. The smallest absolute Gasteiger partial charge is 0.326 e. The number of benzene rings is 1. The van der Waals surface area contributed by atoms with Crippen LogP contribution in [0.1, 0.15) is 18.9 Å². The summed E-state index contributed by atoms with van der Waals surface area (Å²) >= 11 is 4.94. The molecule has 0 saturated carbocycles. The van der Waals surface area contributed by atoms with Gasteiger partial charge in [0.2, 0.25) is 0 Å². The van der Waals surface area contributed by atoms with Crippen LogP contribution in [0.15, 0.2) is 37.5 Å². The molecular weight excluding hydrogens is 328 g/mol. The number of rotatable bonds is 5. The van der Waals surface area contributed by atoms with E-state index in [1.54, 1.807) is 4.57 Å². The standard InChI is InChI=1S/C12H15BrN4OS/c1-2-5-17-11(18)15-16-12(17)19-9-4-3-8(7-14)10(13)6-9/h3-4,6H,2,5,7,14H2,1H3,(H,15,18). The second kappa shape index (κ2) is 6.40. The number of hydrogen-bond acceptors (Lipinski definition) is 4. The summed E-state index contributed by atoms with van der Waals surface area (Å²) in [4.78, 5) is 12.6. The highest BCUT2D eigenvalue weighted by molar-refractivity contribution is 9.10. The van der Waals surface area contributed by atoms with Crippen molar-refractivity contribution in [1.82, 2.24) is 14.8 Å². The summed E-state index contributed by atoms with van der Waals surface area (Å²) in [5, 5.41) is 7.21. The normalized spacial score (nSPS) is 10.9. The molecule has 1 aromatic heterocycles. The Morgan fingerprint density at radius 1 is 1.53 bits per heavy atom. The van der Waals surface area contributed by atoms with Gasteiger partial charge in [-0.05, 0) is 35.9 Å². The minimum Gasteiger partial charge on any atom is -0.326 e. The van der Waals surface area contributed by atoms with Gasteiger partial charge in [0, 0.05) is 22.5 Å². The second-order valence-electron chi connectivity index (χ2n) is 4.02. The van der Waals surface area contributed by atoms with Gasteiger partial charge in [-0.3, -0.25) is 4.57 Å². The maximum Gasteiger partial charge on any atom is 0.343 e. The zero-order chi connectivity index (χ0) is 13.8. The molecule has 0 saturated heterocycles. The van der Waals surface area contributed by atoms with E-state index in [0.29, 0.717) is 18.2 Å². The third-order valence-electron chi connectivity index (χ3n) is 2.62. The van der Waals surface area contributed by atoms with Crippen molar-refractivity contribution in [2.24, 2.45) is 5.73 Å². The van der Waals surface area contributed by atoms with E-state index >= 15 is 0 Å². The van der Waals surface area contributed by atoms with Crippen LogP contribution in [0.3, 0.4) is 0 Å². The van der Waals surface area contributed by atoms with E-state index in [2.05, 4.69) is 26.1 Å². The van der Waals surface area contributed by atoms with Crippen LogP contribution in [0.5, 0.6) is 0 Å². The van der Waals surface area contributed by atoms with Gasteiger partial charge < -0.3 is 5.73 Å². The van der Waals surface area contributed by atoms with E-state index in [0.717, 1.165) is 21.4 Å². The monoisotopic (exact) mass is 342 g/mol. The first-order valence-electron chi connectivity index (χ1n) is 5.97. The summed E-state index contributed by atoms with van der Waals surface area (Å²) in [6.45, 7) is 3.19. The SMILES string of the molecule is CCCn1c(Sc2ccc(CN)c(Br)c2)n[nH]c1=O. The predicted octanol–water partition coefficient (Wildman–Crippen LogP) is 2.35. The zero-order valence-electron chi connectivity index (χ0n) is 10.5. The van der Waals surface area contributed by atoms with Gasteiger partial charge >= 0.3 is 5.69 Å². The van der Waals surface area contributed by atoms with Crippen LogP contribution >= 0.6 is 27.7 Å². The van der Waals surface area contributed by atoms with Gasteiger partial charge in [-0.1, -0.05) is 28.9 Å². The highest BCUT2D eigenvalue weighted by atomic mass is 79.9. The van der Waals surface area contributed by atoms with Crippen molar-refractivity contribution in [2.75, 3.05) is 0 Å². The van der Waals surface area contributed by atoms with Gasteiger partial charge in [0.05, 0.1) is 0 Å². The molecule has 2 rings (SSSR count). The molecule has 0 spiro atoms. The third-order valence-corrected chi connectivity index (χ3v) is 4.35. The molecule has 0 amide bonds. The fourth-order valence-electron chi connectivity index (χ4n) is 1.66. The van der Waals surface area contributed by atoms with Crippen LogP contribution in [0.25, 0.3) is 0 Å². The molecule has 0 aliphatic carbocycles. The highest BCUT2D eigenvalue weighted by Crippen LogP contribution is 2.29. The van der Waals surface area contributed by atoms with E-state index < -0.39 is 0 Å². The second-order valence-corrected chi connectivity index (χ2v) is 5.92. The zero-order valence-corrected chi connectivity index (χ0v) is 12.9. The van der Waals surface area contributed by atoms with Gasteiger partial charge in [0.25, 0.3) is 0 Å². The van der Waals surface area contributed by atoms with Crippen LogP contribution in [-0.2, 0) is 13.1 Å². The number of halogens is 1. The third kappa shape index (κ3) is 3.29. The molecular formula is C12H15BrN4OS. The van der Waals surface area contributed by atoms with Crippen LogP contribution in [0, 0.1) is 0 Å². The summed E-state index contributed by atoms with van der Waals surface area (Å²) in [7, 11) is 0. The summed E-state index contributed by atoms with van der Waals surface area (Å²) in [5.74, 6) is 0. The van der Waals surface area contributed by atoms with Crippen LogP contribution in [-0.4, -0.2) is 14.8 Å². The minimum atomic E-state index is -0.165. The van der Waals surface area contributed by atoms with Crippen LogP contribution in [0.4, 0.5) is 0 Å². The van der Waals surface area contributed by atoms with Crippen molar-refractivity contribution < 1.29 is 0 Å². The van der Waals surface area contributed by atoms with Crippen LogP contribution < -0.4 is 11.4 Å². The van der Waals surface area contributed by atoms with Gasteiger partial charge in [0.1, 0.15) is 0 Å². The van der Waals surface area contributed by atoms with E-state index in [4.69, 9.17) is 5.73 Å². The number of H-pyrrole nitrogens is 1. The largest absolute Gasteiger partial charge is 0.343 e. The maximum absolute atomic E-state index is 11.6. The molecule has 2 aromatic rings. The Kier molecular flexibility index (Phi) is 4.84. The molecule has 0 unspecified atom stereocenters. The molecule has 3 N–H and O–H groups in total. The molecule has 0 radical (unpaired) electrons. The minimum absolute atomic E-state index is 0.165. The summed E-state index contributed by atoms with van der Waals surface area (Å²) in [6, 6.07) is 5.94. The Hall–Kier alpha value is -1.05. The number of nitrogens with zero attached hydrogens (tertiary/aromatic N) is 2. The van der Waals surface area contributed by atoms with Crippen molar-refractivity contribution >= 4 is 27.7 Å². The molecule has 0 fully saturated rings. The average Bonchev–Trinajstić information content (AvgIpc) is 2.72. The molecule has 5 nitrogen and oxygen atoms in total. The van der Waals surface area contributed by atoms with E-state index in [9.17, 15) is 4.79 Å². The van der Waals surface area contributed by atoms with Crippen molar-refractivity contribution in [2.45, 2.75) is 36.5 Å². The average molecular weight is 343 g/mol. The molecule has 1 aromatic carbocycles. The predicted molar refractivity (Wildman–Crippen MR) is 79.3 cm³/mol. The Bertz CT molecular complexity index is 622. The van der Waals surface area contributed by atoms with Gasteiger partial charge in [-0.15, -0.1) is 5.10 Å². The lowest BCUT2D eigenvalue weighted by Gasteiger charge is -2.06. The number of nitrogens with two attached hydrogens (primary N) is 1. The Balaban J connectivity index is 2.26. The first-order valence-corrected chi connectivity index (χ1v) is 7.58. The molecule has 19 heavy (non-hydrogen) atoms. The van der Waals surface area contributed by atoms with Crippen molar-refractivity contribution in [3.63, 3.8) is 0 Å². The van der Waals surface area contributed by atoms with Gasteiger partial charge in [-0.25, -0.2) is 9.89 Å². The van der Waals surface area contributed by atoms with Crippen LogP contribution in [0.2, 0.25) is 0 Å². The lowest BCUT2D eigenvalue weighted by atomic mass is 10.2.